The molecule has 1 aromatic carbocycles. The maximum absolute atomic E-state index is 8.90. The molecule has 0 saturated carbocycles. The Morgan fingerprint density at radius 2 is 1.69 bits per heavy atom. The van der Waals surface area contributed by atoms with Gasteiger partial charge < -0.3 is 19.1 Å². The third-order valence-corrected chi connectivity index (χ3v) is 2.57. The van der Waals surface area contributed by atoms with Crippen LogP contribution in [0.25, 0.3) is 0 Å². The predicted molar refractivity (Wildman–Crippen MR) is 49.3 cm³/mol. The van der Waals surface area contributed by atoms with Gasteiger partial charge in [0.15, 0.2) is 0 Å². The summed E-state index contributed by atoms with van der Waals surface area (Å²) in [4.78, 5) is 26.7. The molecule has 3 N–H and O–H groups in total. The van der Waals surface area contributed by atoms with Crippen LogP contribution in [0.4, 0.5) is 0 Å². The molecule has 5 heteroatoms. The Hall–Kier alpha value is -1.14. The smallest absolute Gasteiger partial charge is 0.466 e. The van der Waals surface area contributed by atoms with Crippen molar-refractivity contribution >= 4 is 14.0 Å². The molecule has 0 heterocycles. The molecular formula is C8H10O4Si. The molecule has 0 aliphatic heterocycles. The normalized spacial score (nSPS) is 11.0. The first-order chi connectivity index (χ1) is 6.04. The first-order valence-electron chi connectivity index (χ1n) is 3.59. The van der Waals surface area contributed by atoms with Crippen LogP contribution in [0, 0.1) is 0 Å². The van der Waals surface area contributed by atoms with Crippen molar-refractivity contribution in [2.24, 2.45) is 0 Å². The molecule has 1 rings (SSSR count). The Morgan fingerprint density at radius 1 is 1.15 bits per heavy atom. The van der Waals surface area contributed by atoms with Crippen molar-refractivity contribution in [2.75, 3.05) is 0 Å². The van der Waals surface area contributed by atoms with Crippen molar-refractivity contribution in [2.45, 2.75) is 0 Å². The van der Waals surface area contributed by atoms with E-state index in [4.69, 9.17) is 19.1 Å². The van der Waals surface area contributed by atoms with Gasteiger partial charge in [0.2, 0.25) is 0 Å². The summed E-state index contributed by atoms with van der Waals surface area (Å²) in [6.07, 6.45) is 1.26. The Morgan fingerprint density at radius 3 is 2.08 bits per heavy atom. The second kappa shape index (κ2) is 3.71. The van der Waals surface area contributed by atoms with Gasteiger partial charge in [0, 0.05) is 5.19 Å². The van der Waals surface area contributed by atoms with Gasteiger partial charge in [0.1, 0.15) is 5.75 Å². The van der Waals surface area contributed by atoms with Crippen molar-refractivity contribution in [3.63, 3.8) is 0 Å². The fourth-order valence-electron chi connectivity index (χ4n) is 0.853. The van der Waals surface area contributed by atoms with E-state index in [9.17, 15) is 0 Å². The van der Waals surface area contributed by atoms with Crippen LogP contribution in [-0.4, -0.2) is 23.2 Å². The number of benzene rings is 1. The van der Waals surface area contributed by atoms with E-state index >= 15 is 0 Å². The fraction of sp³-hybridized carbons (Fsp3) is 0. The molecule has 0 aliphatic carbocycles. The second-order valence-corrected chi connectivity index (χ2v) is 4.29. The van der Waals surface area contributed by atoms with E-state index < -0.39 is 8.80 Å². The Bertz CT molecular complexity index is 288. The summed E-state index contributed by atoms with van der Waals surface area (Å²) in [7, 11) is -4.16. The van der Waals surface area contributed by atoms with Gasteiger partial charge >= 0.3 is 8.80 Å². The first kappa shape index (κ1) is 9.94. The van der Waals surface area contributed by atoms with Crippen molar-refractivity contribution in [3.05, 3.63) is 37.1 Å². The zero-order chi connectivity index (χ0) is 9.90. The van der Waals surface area contributed by atoms with Crippen LogP contribution in [-0.2, 0) is 0 Å². The van der Waals surface area contributed by atoms with E-state index in [1.165, 1.54) is 30.5 Å². The summed E-state index contributed by atoms with van der Waals surface area (Å²) in [6, 6.07) is 5.82. The molecule has 0 bridgehead atoms. The molecule has 0 aliphatic rings. The lowest BCUT2D eigenvalue weighted by Crippen LogP contribution is -2.48. The van der Waals surface area contributed by atoms with Crippen LogP contribution in [0.5, 0.6) is 5.75 Å². The molecule has 0 aromatic heterocycles. The molecule has 0 unspecified atom stereocenters. The number of rotatable bonds is 3. The molecule has 4 nitrogen and oxygen atoms in total. The second-order valence-electron chi connectivity index (χ2n) is 2.44. The zero-order valence-electron chi connectivity index (χ0n) is 6.84. The third-order valence-electron chi connectivity index (χ3n) is 1.46. The van der Waals surface area contributed by atoms with E-state index in [1.807, 2.05) is 0 Å². The van der Waals surface area contributed by atoms with E-state index in [-0.39, 0.29) is 5.19 Å². The van der Waals surface area contributed by atoms with Crippen molar-refractivity contribution < 1.29 is 19.1 Å². The van der Waals surface area contributed by atoms with Crippen LogP contribution in [0.1, 0.15) is 0 Å². The highest BCUT2D eigenvalue weighted by molar-refractivity contribution is 6.71. The minimum atomic E-state index is -4.16. The topological polar surface area (TPSA) is 69.9 Å². The lowest BCUT2D eigenvalue weighted by molar-refractivity contribution is 0.249. The highest BCUT2D eigenvalue weighted by atomic mass is 28.4. The summed E-state index contributed by atoms with van der Waals surface area (Å²) in [5, 5.41) is 0.115. The predicted octanol–water partition coefficient (Wildman–Crippen LogP) is -0.668. The molecule has 0 spiro atoms. The van der Waals surface area contributed by atoms with Crippen LogP contribution >= 0.6 is 0 Å². The van der Waals surface area contributed by atoms with Gasteiger partial charge in [-0.1, -0.05) is 18.7 Å². The minimum Gasteiger partial charge on any atom is -0.466 e. The Balaban J connectivity index is 2.87. The molecule has 1 aromatic rings. The zero-order valence-corrected chi connectivity index (χ0v) is 7.84. The van der Waals surface area contributed by atoms with Gasteiger partial charge in [0.25, 0.3) is 0 Å². The summed E-state index contributed by atoms with van der Waals surface area (Å²) in [5.74, 6) is 0.525. The largest absolute Gasteiger partial charge is 0.528 e. The van der Waals surface area contributed by atoms with Gasteiger partial charge in [-0.15, -0.1) is 0 Å². The quantitative estimate of drug-likeness (QED) is 0.445. The van der Waals surface area contributed by atoms with Crippen LogP contribution in [0.3, 0.4) is 0 Å². The molecule has 0 atom stereocenters. The Labute approximate surface area is 76.7 Å². The van der Waals surface area contributed by atoms with Gasteiger partial charge in [-0.05, 0) is 12.1 Å². The highest BCUT2D eigenvalue weighted by Crippen LogP contribution is 2.08. The minimum absolute atomic E-state index is 0.115. The maximum Gasteiger partial charge on any atom is 0.528 e. The molecular weight excluding hydrogens is 188 g/mol. The van der Waals surface area contributed by atoms with Crippen molar-refractivity contribution in [1.29, 1.82) is 0 Å². The molecule has 0 fully saturated rings. The summed E-state index contributed by atoms with van der Waals surface area (Å²) < 4.78 is 4.91. The lowest BCUT2D eigenvalue weighted by Gasteiger charge is -2.09. The average molecular weight is 198 g/mol. The van der Waals surface area contributed by atoms with E-state index in [0.29, 0.717) is 5.75 Å². The molecule has 0 radical (unpaired) electrons. The molecule has 70 valence electrons. The number of ether oxygens (including phenoxy) is 1. The van der Waals surface area contributed by atoms with E-state index in [2.05, 4.69) is 6.58 Å². The van der Waals surface area contributed by atoms with Crippen LogP contribution in [0.15, 0.2) is 37.1 Å². The van der Waals surface area contributed by atoms with Crippen LogP contribution < -0.4 is 9.92 Å². The summed E-state index contributed by atoms with van der Waals surface area (Å²) >= 11 is 0. The van der Waals surface area contributed by atoms with E-state index in [1.54, 1.807) is 0 Å². The van der Waals surface area contributed by atoms with Gasteiger partial charge in [-0.2, -0.15) is 0 Å². The standard InChI is InChI=1S/C8H10O4Si/c1-2-12-7-3-5-8(6-4-7)13(9,10)11/h2-6,9-11H,1H2. The average Bonchev–Trinajstić information content (AvgIpc) is 2.04. The first-order valence-corrected chi connectivity index (χ1v) is 5.43. The van der Waals surface area contributed by atoms with Gasteiger partial charge in [-0.3, -0.25) is 0 Å². The van der Waals surface area contributed by atoms with E-state index in [0.717, 1.165) is 0 Å². The molecule has 0 amide bonds. The van der Waals surface area contributed by atoms with Gasteiger partial charge in [-0.25, -0.2) is 0 Å². The summed E-state index contributed by atoms with van der Waals surface area (Å²) in [6.45, 7) is 3.37. The number of hydrogen-bond donors (Lipinski definition) is 3. The monoisotopic (exact) mass is 198 g/mol. The van der Waals surface area contributed by atoms with Crippen molar-refractivity contribution in [3.8, 4) is 5.75 Å². The molecule has 0 saturated heterocycles. The highest BCUT2D eigenvalue weighted by Gasteiger charge is 2.29. The molecule has 13 heavy (non-hydrogen) atoms. The number of hydrogen-bond acceptors (Lipinski definition) is 4. The summed E-state index contributed by atoms with van der Waals surface area (Å²) in [5.41, 5.74) is 0. The van der Waals surface area contributed by atoms with Gasteiger partial charge in [0.05, 0.1) is 6.26 Å². The van der Waals surface area contributed by atoms with Crippen molar-refractivity contribution in [1.82, 2.24) is 0 Å². The Kier molecular flexibility index (Phi) is 2.84. The lowest BCUT2D eigenvalue weighted by atomic mass is 10.3. The fourth-order valence-corrected chi connectivity index (χ4v) is 1.47. The SMILES string of the molecule is C=COc1ccc([Si](O)(O)O)cc1. The maximum atomic E-state index is 8.90. The van der Waals surface area contributed by atoms with Crippen LogP contribution in [0.2, 0.25) is 0 Å². The third kappa shape index (κ3) is 2.67.